The van der Waals surface area contributed by atoms with Crippen molar-refractivity contribution in [1.82, 2.24) is 0 Å². The quantitative estimate of drug-likeness (QED) is 0.633. The average Bonchev–Trinajstić information content (AvgIpc) is 2.27. The summed E-state index contributed by atoms with van der Waals surface area (Å²) >= 11 is 3.20. The first kappa shape index (κ1) is 12.7. The molecule has 0 amide bonds. The number of alkyl halides is 1. The molecule has 1 aromatic carbocycles. The zero-order valence-corrected chi connectivity index (χ0v) is 10.5. The van der Waals surface area contributed by atoms with E-state index in [1.54, 1.807) is 24.3 Å². The molecule has 5 heteroatoms. The van der Waals surface area contributed by atoms with Crippen LogP contribution in [0.1, 0.15) is 27.9 Å². The van der Waals surface area contributed by atoms with Gasteiger partial charge < -0.3 is 9.47 Å². The summed E-state index contributed by atoms with van der Waals surface area (Å²) in [6.45, 7) is 1.32. The molecule has 0 aliphatic heterocycles. The van der Waals surface area contributed by atoms with Crippen LogP contribution >= 0.6 is 15.9 Å². The molecule has 0 fully saturated rings. The summed E-state index contributed by atoms with van der Waals surface area (Å²) in [7, 11) is 1.31. The number of benzene rings is 1. The Labute approximate surface area is 102 Å². The molecule has 0 saturated heterocycles. The van der Waals surface area contributed by atoms with Crippen molar-refractivity contribution in [2.45, 2.75) is 11.9 Å². The van der Waals surface area contributed by atoms with Gasteiger partial charge in [0.1, 0.15) is 0 Å². The highest BCUT2D eigenvalue weighted by atomic mass is 79.9. The second kappa shape index (κ2) is 5.65. The third kappa shape index (κ3) is 3.34. The number of rotatable bonds is 3. The predicted octanol–water partition coefficient (Wildman–Crippen LogP) is 2.43. The minimum Gasteiger partial charge on any atom is -0.465 e. The average molecular weight is 287 g/mol. The molecule has 1 aromatic rings. The maximum Gasteiger partial charge on any atom is 0.337 e. The zero-order valence-electron chi connectivity index (χ0n) is 8.90. The Morgan fingerprint density at radius 3 is 2.62 bits per heavy atom. The highest BCUT2D eigenvalue weighted by Gasteiger charge is 2.13. The van der Waals surface area contributed by atoms with Crippen molar-refractivity contribution in [1.29, 1.82) is 0 Å². The highest BCUT2D eigenvalue weighted by Crippen LogP contribution is 2.25. The van der Waals surface area contributed by atoms with E-state index in [4.69, 9.17) is 4.74 Å². The van der Waals surface area contributed by atoms with Crippen LogP contribution in [0.15, 0.2) is 24.3 Å². The molecule has 0 aliphatic carbocycles. The van der Waals surface area contributed by atoms with Crippen molar-refractivity contribution in [3.63, 3.8) is 0 Å². The molecular formula is C11H11BrO4. The predicted molar refractivity (Wildman–Crippen MR) is 61.2 cm³/mol. The normalized spacial score (nSPS) is 11.7. The largest absolute Gasteiger partial charge is 0.465 e. The lowest BCUT2D eigenvalue weighted by Gasteiger charge is -2.11. The Hall–Kier alpha value is -1.36. The van der Waals surface area contributed by atoms with Gasteiger partial charge >= 0.3 is 11.9 Å². The molecule has 16 heavy (non-hydrogen) atoms. The second-order valence-electron chi connectivity index (χ2n) is 3.04. The Bertz CT molecular complexity index is 403. The first-order valence-corrected chi connectivity index (χ1v) is 5.45. The minimum absolute atomic E-state index is 0.398. The van der Waals surface area contributed by atoms with Crippen molar-refractivity contribution in [2.75, 3.05) is 7.11 Å². The van der Waals surface area contributed by atoms with Crippen LogP contribution in [0.25, 0.3) is 0 Å². The Balaban J connectivity index is 2.89. The molecule has 1 atom stereocenters. The van der Waals surface area contributed by atoms with Gasteiger partial charge in [0.15, 0.2) is 5.01 Å². The molecule has 0 aliphatic rings. The minimum atomic E-state index is -0.561. The lowest BCUT2D eigenvalue weighted by molar-refractivity contribution is -0.142. The van der Waals surface area contributed by atoms with Gasteiger partial charge in [0.2, 0.25) is 0 Å². The van der Waals surface area contributed by atoms with Gasteiger partial charge in [-0.25, -0.2) is 4.79 Å². The van der Waals surface area contributed by atoms with E-state index in [9.17, 15) is 9.59 Å². The number of ether oxygens (including phenoxy) is 2. The number of hydrogen-bond donors (Lipinski definition) is 0. The van der Waals surface area contributed by atoms with Crippen LogP contribution in [0.4, 0.5) is 0 Å². The van der Waals surface area contributed by atoms with Gasteiger partial charge in [-0.15, -0.1) is 0 Å². The van der Waals surface area contributed by atoms with E-state index >= 15 is 0 Å². The molecule has 0 aromatic heterocycles. The van der Waals surface area contributed by atoms with Crippen molar-refractivity contribution < 1.29 is 19.1 Å². The fourth-order valence-corrected chi connectivity index (χ4v) is 1.69. The number of methoxy groups -OCH3 is 1. The van der Waals surface area contributed by atoms with Gasteiger partial charge in [0, 0.05) is 12.5 Å². The summed E-state index contributed by atoms with van der Waals surface area (Å²) in [4.78, 5) is 22.0. The number of carbonyl (C=O) groups is 2. The van der Waals surface area contributed by atoms with E-state index in [1.807, 2.05) is 0 Å². The van der Waals surface area contributed by atoms with Crippen LogP contribution in [0, 0.1) is 0 Å². The van der Waals surface area contributed by atoms with E-state index in [-0.39, 0.29) is 0 Å². The number of hydrogen-bond acceptors (Lipinski definition) is 4. The first-order chi connectivity index (χ1) is 7.54. The van der Waals surface area contributed by atoms with E-state index in [0.717, 1.165) is 0 Å². The maximum absolute atomic E-state index is 11.3. The van der Waals surface area contributed by atoms with Crippen molar-refractivity contribution >= 4 is 27.9 Å². The van der Waals surface area contributed by atoms with E-state index in [1.165, 1.54) is 14.0 Å². The lowest BCUT2D eigenvalue weighted by Crippen LogP contribution is -2.05. The topological polar surface area (TPSA) is 52.6 Å². The Morgan fingerprint density at radius 2 is 2.06 bits per heavy atom. The number of halogens is 1. The molecule has 1 rings (SSSR count). The third-order valence-corrected chi connectivity index (χ3v) is 2.55. The monoisotopic (exact) mass is 286 g/mol. The van der Waals surface area contributed by atoms with E-state index in [0.29, 0.717) is 11.1 Å². The van der Waals surface area contributed by atoms with Crippen LogP contribution in [-0.4, -0.2) is 19.0 Å². The first-order valence-electron chi connectivity index (χ1n) is 4.54. The summed E-state index contributed by atoms with van der Waals surface area (Å²) in [5.74, 6) is -0.824. The van der Waals surface area contributed by atoms with Gasteiger partial charge in [-0.3, -0.25) is 4.79 Å². The standard InChI is InChI=1S/C11H11BrO4/c1-7(13)16-10(12)8-4-3-5-9(6-8)11(14)15-2/h3-6,10H,1-2H3. The molecule has 1 unspecified atom stereocenters. The van der Waals surface area contributed by atoms with Crippen LogP contribution in [0.5, 0.6) is 0 Å². The molecular weight excluding hydrogens is 276 g/mol. The van der Waals surface area contributed by atoms with Gasteiger partial charge in [0.25, 0.3) is 0 Å². The second-order valence-corrected chi connectivity index (χ2v) is 3.87. The van der Waals surface area contributed by atoms with E-state index in [2.05, 4.69) is 20.7 Å². The Kier molecular flexibility index (Phi) is 4.49. The third-order valence-electron chi connectivity index (χ3n) is 1.84. The smallest absolute Gasteiger partial charge is 0.337 e. The van der Waals surface area contributed by atoms with Crippen molar-refractivity contribution in [2.24, 2.45) is 0 Å². The summed E-state index contributed by atoms with van der Waals surface area (Å²) < 4.78 is 9.52. The maximum atomic E-state index is 11.3. The van der Waals surface area contributed by atoms with Gasteiger partial charge in [-0.1, -0.05) is 12.1 Å². The molecule has 0 radical (unpaired) electrons. The zero-order chi connectivity index (χ0) is 12.1. The van der Waals surface area contributed by atoms with Gasteiger partial charge in [-0.2, -0.15) is 0 Å². The van der Waals surface area contributed by atoms with Crippen molar-refractivity contribution in [3.05, 3.63) is 35.4 Å². The van der Waals surface area contributed by atoms with Crippen LogP contribution in [-0.2, 0) is 14.3 Å². The highest BCUT2D eigenvalue weighted by molar-refractivity contribution is 9.09. The van der Waals surface area contributed by atoms with Gasteiger partial charge in [-0.05, 0) is 28.1 Å². The lowest BCUT2D eigenvalue weighted by atomic mass is 10.1. The molecule has 86 valence electrons. The van der Waals surface area contributed by atoms with Crippen LogP contribution in [0.2, 0.25) is 0 Å². The van der Waals surface area contributed by atoms with Crippen LogP contribution < -0.4 is 0 Å². The fraction of sp³-hybridized carbons (Fsp3) is 0.273. The summed E-state index contributed by atoms with van der Waals surface area (Å²) in [5, 5.41) is -0.561. The molecule has 0 N–H and O–H groups in total. The number of esters is 2. The Morgan fingerprint density at radius 1 is 1.38 bits per heavy atom. The SMILES string of the molecule is COC(=O)c1cccc(C(Br)OC(C)=O)c1. The van der Waals surface area contributed by atoms with Gasteiger partial charge in [0.05, 0.1) is 12.7 Å². The van der Waals surface area contributed by atoms with Crippen molar-refractivity contribution in [3.8, 4) is 0 Å². The molecule has 4 nitrogen and oxygen atoms in total. The summed E-state index contributed by atoms with van der Waals surface area (Å²) in [6.07, 6.45) is 0. The molecule has 0 heterocycles. The number of carbonyl (C=O) groups excluding carboxylic acids is 2. The molecule has 0 saturated carbocycles. The summed E-state index contributed by atoms with van der Waals surface area (Å²) in [6, 6.07) is 6.67. The van der Waals surface area contributed by atoms with Crippen LogP contribution in [0.3, 0.4) is 0 Å². The fourth-order valence-electron chi connectivity index (χ4n) is 1.14. The summed E-state index contributed by atoms with van der Waals surface area (Å²) in [5.41, 5.74) is 1.09. The molecule has 0 bridgehead atoms. The molecule has 0 spiro atoms. The van der Waals surface area contributed by atoms with E-state index < -0.39 is 17.0 Å².